The lowest BCUT2D eigenvalue weighted by molar-refractivity contribution is -0.136. The third-order valence-electron chi connectivity index (χ3n) is 4.25. The Morgan fingerprint density at radius 1 is 1.32 bits per heavy atom. The number of nitrogens with one attached hydrogen (secondary N) is 1. The number of aryl methyl sites for hydroxylation is 1. The van der Waals surface area contributed by atoms with E-state index in [2.05, 4.69) is 10.3 Å². The Labute approximate surface area is 161 Å². The van der Waals surface area contributed by atoms with Gasteiger partial charge in [0.2, 0.25) is 11.8 Å². The van der Waals surface area contributed by atoms with Gasteiger partial charge >= 0.3 is 0 Å². The van der Waals surface area contributed by atoms with Gasteiger partial charge in [0.15, 0.2) is 0 Å². The maximum Gasteiger partial charge on any atom is 0.239 e. The first-order valence-corrected chi connectivity index (χ1v) is 8.17. The summed E-state index contributed by atoms with van der Waals surface area (Å²) >= 11 is 0. The minimum atomic E-state index is -0.504. The zero-order valence-corrected chi connectivity index (χ0v) is 16.5. The highest BCUT2D eigenvalue weighted by Gasteiger charge is 2.31. The van der Waals surface area contributed by atoms with Crippen molar-refractivity contribution in [2.45, 2.75) is 39.7 Å². The Balaban J connectivity index is 0.00000288. The predicted molar refractivity (Wildman–Crippen MR) is 104 cm³/mol. The molecule has 0 aromatic carbocycles. The van der Waals surface area contributed by atoms with Gasteiger partial charge in [0.1, 0.15) is 5.82 Å². The summed E-state index contributed by atoms with van der Waals surface area (Å²) in [5, 5.41) is 2.84. The molecule has 2 atom stereocenters. The Kier molecular flexibility index (Phi) is 10.0. The number of carbonyl (C=O) groups is 2. The van der Waals surface area contributed by atoms with Gasteiger partial charge in [-0.1, -0.05) is 19.9 Å². The first-order valence-electron chi connectivity index (χ1n) is 8.17. The fraction of sp³-hybridized carbons (Fsp3) is 0.588. The minimum absolute atomic E-state index is 0. The molecule has 0 spiro atoms. The Hall–Kier alpha value is -1.37. The molecule has 1 aliphatic heterocycles. The van der Waals surface area contributed by atoms with Crippen molar-refractivity contribution in [1.29, 1.82) is 0 Å². The number of piperidine rings is 1. The predicted octanol–water partition coefficient (Wildman–Crippen LogP) is 2.39. The van der Waals surface area contributed by atoms with Gasteiger partial charge in [-0.2, -0.15) is 0 Å². The lowest BCUT2D eigenvalue weighted by Crippen LogP contribution is -2.51. The molecule has 1 saturated heterocycles. The normalized spacial score (nSPS) is 18.0. The fourth-order valence-electron chi connectivity index (χ4n) is 2.73. The van der Waals surface area contributed by atoms with Crippen molar-refractivity contribution in [1.82, 2.24) is 9.88 Å². The van der Waals surface area contributed by atoms with Gasteiger partial charge in [0.05, 0.1) is 12.0 Å². The number of amides is 2. The summed E-state index contributed by atoms with van der Waals surface area (Å²) in [6, 6.07) is 5.00. The number of nitrogens with zero attached hydrogens (tertiary/aromatic N) is 2. The van der Waals surface area contributed by atoms with Crippen molar-refractivity contribution in [3.8, 4) is 0 Å². The van der Waals surface area contributed by atoms with Crippen LogP contribution in [0, 0.1) is 18.8 Å². The molecule has 6 nitrogen and oxygen atoms in total. The molecule has 1 fully saturated rings. The summed E-state index contributed by atoms with van der Waals surface area (Å²) in [6.07, 6.45) is 1.59. The van der Waals surface area contributed by atoms with E-state index in [0.29, 0.717) is 18.9 Å². The van der Waals surface area contributed by atoms with E-state index in [-0.39, 0.29) is 48.5 Å². The topological polar surface area (TPSA) is 88.3 Å². The molecule has 1 aliphatic rings. The van der Waals surface area contributed by atoms with E-state index in [9.17, 15) is 9.59 Å². The summed E-state index contributed by atoms with van der Waals surface area (Å²) in [5.41, 5.74) is 6.80. The number of carbonyl (C=O) groups excluding carboxylic acids is 2. The third kappa shape index (κ3) is 6.45. The van der Waals surface area contributed by atoms with Gasteiger partial charge in [-0.05, 0) is 37.8 Å². The number of hydrogen-bond acceptors (Lipinski definition) is 4. The quantitative estimate of drug-likeness (QED) is 0.825. The van der Waals surface area contributed by atoms with Gasteiger partial charge < -0.3 is 16.0 Å². The van der Waals surface area contributed by atoms with Crippen LogP contribution in [-0.2, 0) is 9.59 Å². The van der Waals surface area contributed by atoms with Gasteiger partial charge in [-0.3, -0.25) is 9.59 Å². The SMILES string of the molecule is Cc1cccc(NC(=O)C2CCCN(C(=O)[C@@H](N)C(C)C)C2)n1.Cl.Cl. The number of likely N-dealkylation sites (tertiary alicyclic amines) is 1. The maximum absolute atomic E-state index is 12.4. The second kappa shape index (κ2) is 10.6. The van der Waals surface area contributed by atoms with Crippen molar-refractivity contribution >= 4 is 42.4 Å². The highest BCUT2D eigenvalue weighted by Crippen LogP contribution is 2.20. The second-order valence-electron chi connectivity index (χ2n) is 6.55. The zero-order chi connectivity index (χ0) is 17.0. The van der Waals surface area contributed by atoms with Crippen molar-refractivity contribution in [2.24, 2.45) is 17.6 Å². The number of pyridine rings is 1. The first-order chi connectivity index (χ1) is 10.9. The Bertz CT molecular complexity index is 584. The number of hydrogen-bond donors (Lipinski definition) is 2. The van der Waals surface area contributed by atoms with E-state index in [1.165, 1.54) is 0 Å². The summed E-state index contributed by atoms with van der Waals surface area (Å²) in [4.78, 5) is 30.8. The molecule has 1 unspecified atom stereocenters. The lowest BCUT2D eigenvalue weighted by Gasteiger charge is -2.34. The fourth-order valence-corrected chi connectivity index (χ4v) is 2.73. The van der Waals surface area contributed by atoms with Crippen LogP contribution in [0.2, 0.25) is 0 Å². The number of rotatable bonds is 4. The van der Waals surface area contributed by atoms with Crippen molar-refractivity contribution in [2.75, 3.05) is 18.4 Å². The molecule has 3 N–H and O–H groups in total. The molecule has 1 aromatic heterocycles. The van der Waals surface area contributed by atoms with Gasteiger partial charge in [-0.25, -0.2) is 4.98 Å². The van der Waals surface area contributed by atoms with Crippen LogP contribution in [0.25, 0.3) is 0 Å². The molecule has 0 radical (unpaired) electrons. The lowest BCUT2D eigenvalue weighted by atomic mass is 9.95. The van der Waals surface area contributed by atoms with Crippen LogP contribution in [-0.4, -0.2) is 40.8 Å². The Morgan fingerprint density at radius 3 is 2.60 bits per heavy atom. The smallest absolute Gasteiger partial charge is 0.239 e. The molecular formula is C17H28Cl2N4O2. The van der Waals surface area contributed by atoms with E-state index in [0.717, 1.165) is 18.5 Å². The highest BCUT2D eigenvalue weighted by molar-refractivity contribution is 5.92. The number of aromatic nitrogens is 1. The number of anilines is 1. The Morgan fingerprint density at radius 2 is 2.00 bits per heavy atom. The van der Waals surface area contributed by atoms with Crippen LogP contribution in [0.4, 0.5) is 5.82 Å². The summed E-state index contributed by atoms with van der Waals surface area (Å²) < 4.78 is 0. The minimum Gasteiger partial charge on any atom is -0.341 e. The second-order valence-corrected chi connectivity index (χ2v) is 6.55. The molecule has 2 amide bonds. The van der Waals surface area contributed by atoms with Crippen LogP contribution in [0.3, 0.4) is 0 Å². The summed E-state index contributed by atoms with van der Waals surface area (Å²) in [6.45, 7) is 6.84. The molecule has 0 bridgehead atoms. The van der Waals surface area contributed by atoms with E-state index in [1.54, 1.807) is 11.0 Å². The monoisotopic (exact) mass is 390 g/mol. The van der Waals surface area contributed by atoms with Crippen LogP contribution < -0.4 is 11.1 Å². The van der Waals surface area contributed by atoms with Crippen LogP contribution >= 0.6 is 24.8 Å². The van der Waals surface area contributed by atoms with Crippen molar-refractivity contribution in [3.63, 3.8) is 0 Å². The highest BCUT2D eigenvalue weighted by atomic mass is 35.5. The summed E-state index contributed by atoms with van der Waals surface area (Å²) in [5.74, 6) is 0.282. The molecule has 25 heavy (non-hydrogen) atoms. The first kappa shape index (κ1) is 23.6. The molecule has 2 rings (SSSR count). The molecule has 1 aromatic rings. The van der Waals surface area contributed by atoms with E-state index in [4.69, 9.17) is 5.73 Å². The molecular weight excluding hydrogens is 363 g/mol. The molecule has 2 heterocycles. The van der Waals surface area contributed by atoms with Crippen molar-refractivity contribution in [3.05, 3.63) is 23.9 Å². The maximum atomic E-state index is 12.4. The molecule has 8 heteroatoms. The summed E-state index contributed by atoms with van der Waals surface area (Å²) in [7, 11) is 0. The molecule has 0 aliphatic carbocycles. The molecule has 0 saturated carbocycles. The largest absolute Gasteiger partial charge is 0.341 e. The third-order valence-corrected chi connectivity index (χ3v) is 4.25. The van der Waals surface area contributed by atoms with Gasteiger partial charge in [-0.15, -0.1) is 24.8 Å². The molecule has 142 valence electrons. The van der Waals surface area contributed by atoms with Crippen LogP contribution in [0.5, 0.6) is 0 Å². The van der Waals surface area contributed by atoms with Gasteiger partial charge in [0.25, 0.3) is 0 Å². The standard InChI is InChI=1S/C17H26N4O2.2ClH/c1-11(2)15(18)17(23)21-9-5-7-13(10-21)16(22)20-14-8-4-6-12(3)19-14;;/h4,6,8,11,13,15H,5,7,9-10,18H2,1-3H3,(H,19,20,22);2*1H/t13?,15-;;/m0../s1. The average Bonchev–Trinajstić information content (AvgIpc) is 2.53. The van der Waals surface area contributed by atoms with Crippen molar-refractivity contribution < 1.29 is 9.59 Å². The van der Waals surface area contributed by atoms with E-state index >= 15 is 0 Å². The zero-order valence-electron chi connectivity index (χ0n) is 14.9. The van der Waals surface area contributed by atoms with Crippen LogP contribution in [0.1, 0.15) is 32.4 Å². The average molecular weight is 391 g/mol. The van der Waals surface area contributed by atoms with Gasteiger partial charge in [0, 0.05) is 18.8 Å². The van der Waals surface area contributed by atoms with E-state index < -0.39 is 6.04 Å². The number of nitrogens with two attached hydrogens (primary N) is 1. The number of halogens is 2. The van der Waals surface area contributed by atoms with E-state index in [1.807, 2.05) is 32.9 Å². The van der Waals surface area contributed by atoms with Crippen LogP contribution in [0.15, 0.2) is 18.2 Å².